The van der Waals surface area contributed by atoms with E-state index in [-0.39, 0.29) is 11.9 Å². The number of carbonyl (C=O) groups excluding carboxylic acids is 1. The van der Waals surface area contributed by atoms with E-state index in [1.54, 1.807) is 13.3 Å². The number of anilines is 1. The second-order valence-corrected chi connectivity index (χ2v) is 5.22. The Hall–Kier alpha value is -2.63. The van der Waals surface area contributed by atoms with E-state index in [2.05, 4.69) is 15.3 Å². The summed E-state index contributed by atoms with van der Waals surface area (Å²) in [6, 6.07) is 9.68. The molecule has 1 aliphatic heterocycles. The molecule has 2 aromatic rings. The third-order valence-electron chi connectivity index (χ3n) is 3.70. The molecule has 22 heavy (non-hydrogen) atoms. The van der Waals surface area contributed by atoms with E-state index in [4.69, 9.17) is 4.74 Å². The second kappa shape index (κ2) is 6.43. The summed E-state index contributed by atoms with van der Waals surface area (Å²) in [4.78, 5) is 22.1. The van der Waals surface area contributed by atoms with E-state index in [1.165, 1.54) is 6.33 Å². The molecule has 1 saturated heterocycles. The third-order valence-corrected chi connectivity index (χ3v) is 3.70. The lowest BCUT2D eigenvalue weighted by molar-refractivity contribution is -0.134. The molecule has 6 nitrogen and oxygen atoms in total. The molecule has 0 aliphatic carbocycles. The van der Waals surface area contributed by atoms with Gasteiger partial charge in [-0.15, -0.1) is 0 Å². The van der Waals surface area contributed by atoms with Crippen LogP contribution in [0.1, 0.15) is 5.56 Å². The summed E-state index contributed by atoms with van der Waals surface area (Å²) < 4.78 is 5.28. The van der Waals surface area contributed by atoms with E-state index in [9.17, 15) is 4.79 Å². The number of nitrogens with zero attached hydrogens (tertiary/aromatic N) is 3. The van der Waals surface area contributed by atoms with Crippen molar-refractivity contribution in [2.45, 2.75) is 12.5 Å². The minimum atomic E-state index is 0.116. The number of hydrogen-bond acceptors (Lipinski definition) is 5. The summed E-state index contributed by atoms with van der Waals surface area (Å²) in [5.41, 5.74) is 0.919. The van der Waals surface area contributed by atoms with Crippen molar-refractivity contribution in [1.82, 2.24) is 14.9 Å². The zero-order chi connectivity index (χ0) is 15.4. The number of likely N-dealkylation sites (tertiary alicyclic amines) is 1. The minimum absolute atomic E-state index is 0.116. The molecule has 0 bridgehead atoms. The first-order valence-corrected chi connectivity index (χ1v) is 7.18. The van der Waals surface area contributed by atoms with Gasteiger partial charge < -0.3 is 15.0 Å². The van der Waals surface area contributed by atoms with Crippen molar-refractivity contribution in [3.8, 4) is 5.75 Å². The van der Waals surface area contributed by atoms with Gasteiger partial charge in [-0.1, -0.05) is 18.2 Å². The fourth-order valence-corrected chi connectivity index (χ4v) is 2.48. The predicted molar refractivity (Wildman–Crippen MR) is 82.7 cm³/mol. The Morgan fingerprint density at radius 3 is 2.91 bits per heavy atom. The number of amides is 1. The van der Waals surface area contributed by atoms with Gasteiger partial charge in [0.15, 0.2) is 0 Å². The van der Waals surface area contributed by atoms with Crippen LogP contribution in [0.15, 0.2) is 42.9 Å². The summed E-state index contributed by atoms with van der Waals surface area (Å²) in [6.45, 7) is 1.38. The molecule has 0 radical (unpaired) electrons. The van der Waals surface area contributed by atoms with Crippen LogP contribution in [0.25, 0.3) is 0 Å². The first kappa shape index (κ1) is 14.3. The Morgan fingerprint density at radius 1 is 1.36 bits per heavy atom. The fourth-order valence-electron chi connectivity index (χ4n) is 2.48. The van der Waals surface area contributed by atoms with Gasteiger partial charge >= 0.3 is 0 Å². The predicted octanol–water partition coefficient (Wildman–Crippen LogP) is 1.35. The standard InChI is InChI=1S/C16H18N4O2/c1-22-14-5-3-2-4-12(14)8-16(21)20-9-13(10-20)19-15-6-7-17-11-18-15/h2-7,11,13H,8-10H2,1H3,(H,17,18,19). The molecule has 1 aliphatic rings. The molecule has 1 N–H and O–H groups in total. The van der Waals surface area contributed by atoms with Crippen LogP contribution in [0.3, 0.4) is 0 Å². The van der Waals surface area contributed by atoms with Gasteiger partial charge in [-0.3, -0.25) is 4.79 Å². The lowest BCUT2D eigenvalue weighted by Gasteiger charge is -2.40. The SMILES string of the molecule is COc1ccccc1CC(=O)N1CC(Nc2ccncn2)C1. The highest BCUT2D eigenvalue weighted by atomic mass is 16.5. The van der Waals surface area contributed by atoms with Crippen molar-refractivity contribution < 1.29 is 9.53 Å². The molecule has 1 amide bonds. The molecule has 6 heteroatoms. The van der Waals surface area contributed by atoms with Gasteiger partial charge in [0, 0.05) is 24.8 Å². The summed E-state index contributed by atoms with van der Waals surface area (Å²) in [5.74, 6) is 1.66. The maximum Gasteiger partial charge on any atom is 0.227 e. The number of aromatic nitrogens is 2. The summed E-state index contributed by atoms with van der Waals surface area (Å²) in [6.07, 6.45) is 3.56. The Balaban J connectivity index is 1.51. The van der Waals surface area contributed by atoms with Crippen LogP contribution in [0.5, 0.6) is 5.75 Å². The lowest BCUT2D eigenvalue weighted by Crippen LogP contribution is -2.57. The van der Waals surface area contributed by atoms with Gasteiger partial charge in [-0.05, 0) is 12.1 Å². The molecule has 1 aromatic heterocycles. The topological polar surface area (TPSA) is 67.3 Å². The smallest absolute Gasteiger partial charge is 0.227 e. The highest BCUT2D eigenvalue weighted by molar-refractivity contribution is 5.80. The molecule has 1 fully saturated rings. The molecule has 0 atom stereocenters. The van der Waals surface area contributed by atoms with E-state index in [0.717, 1.165) is 17.1 Å². The maximum atomic E-state index is 12.3. The minimum Gasteiger partial charge on any atom is -0.496 e. The van der Waals surface area contributed by atoms with Crippen molar-refractivity contribution in [2.75, 3.05) is 25.5 Å². The first-order chi connectivity index (χ1) is 10.8. The zero-order valence-electron chi connectivity index (χ0n) is 12.4. The number of rotatable bonds is 5. The quantitative estimate of drug-likeness (QED) is 0.902. The van der Waals surface area contributed by atoms with E-state index in [1.807, 2.05) is 35.2 Å². The average Bonchev–Trinajstić information content (AvgIpc) is 2.52. The van der Waals surface area contributed by atoms with E-state index < -0.39 is 0 Å². The van der Waals surface area contributed by atoms with Gasteiger partial charge in [0.05, 0.1) is 19.6 Å². The van der Waals surface area contributed by atoms with Gasteiger partial charge in [-0.2, -0.15) is 0 Å². The number of nitrogens with one attached hydrogen (secondary N) is 1. The highest BCUT2D eigenvalue weighted by Crippen LogP contribution is 2.20. The van der Waals surface area contributed by atoms with E-state index >= 15 is 0 Å². The number of benzene rings is 1. The Labute approximate surface area is 129 Å². The van der Waals surface area contributed by atoms with Crippen LogP contribution in [0, 0.1) is 0 Å². The largest absolute Gasteiger partial charge is 0.496 e. The molecule has 0 unspecified atom stereocenters. The van der Waals surface area contributed by atoms with Crippen LogP contribution in [0.4, 0.5) is 5.82 Å². The molecule has 3 rings (SSSR count). The van der Waals surface area contributed by atoms with Crippen molar-refractivity contribution in [1.29, 1.82) is 0 Å². The molecular formula is C16H18N4O2. The molecule has 114 valence electrons. The number of ether oxygens (including phenoxy) is 1. The van der Waals surface area contributed by atoms with Crippen molar-refractivity contribution in [3.63, 3.8) is 0 Å². The highest BCUT2D eigenvalue weighted by Gasteiger charge is 2.30. The number of carbonyl (C=O) groups is 1. The van der Waals surface area contributed by atoms with Gasteiger partial charge in [0.1, 0.15) is 17.9 Å². The lowest BCUT2D eigenvalue weighted by atomic mass is 10.1. The van der Waals surface area contributed by atoms with Crippen LogP contribution in [0.2, 0.25) is 0 Å². The summed E-state index contributed by atoms with van der Waals surface area (Å²) in [5, 5.41) is 3.28. The Kier molecular flexibility index (Phi) is 4.18. The number of hydrogen-bond donors (Lipinski definition) is 1. The first-order valence-electron chi connectivity index (χ1n) is 7.18. The monoisotopic (exact) mass is 298 g/mol. The number of methoxy groups -OCH3 is 1. The average molecular weight is 298 g/mol. The normalized spacial score (nSPS) is 14.3. The van der Waals surface area contributed by atoms with Crippen LogP contribution < -0.4 is 10.1 Å². The number of para-hydroxylation sites is 1. The summed E-state index contributed by atoms with van der Waals surface area (Å²) >= 11 is 0. The van der Waals surface area contributed by atoms with Gasteiger partial charge in [0.2, 0.25) is 5.91 Å². The molecule has 0 saturated carbocycles. The van der Waals surface area contributed by atoms with Crippen LogP contribution in [-0.4, -0.2) is 47.0 Å². The molecule has 0 spiro atoms. The Morgan fingerprint density at radius 2 is 2.18 bits per heavy atom. The van der Waals surface area contributed by atoms with Crippen molar-refractivity contribution in [2.24, 2.45) is 0 Å². The molecule has 2 heterocycles. The van der Waals surface area contributed by atoms with Crippen LogP contribution in [-0.2, 0) is 11.2 Å². The van der Waals surface area contributed by atoms with Crippen LogP contribution >= 0.6 is 0 Å². The van der Waals surface area contributed by atoms with E-state index in [0.29, 0.717) is 19.5 Å². The van der Waals surface area contributed by atoms with Crippen molar-refractivity contribution >= 4 is 11.7 Å². The second-order valence-electron chi connectivity index (χ2n) is 5.22. The molecular weight excluding hydrogens is 280 g/mol. The maximum absolute atomic E-state index is 12.3. The summed E-state index contributed by atoms with van der Waals surface area (Å²) in [7, 11) is 1.62. The molecule has 1 aromatic carbocycles. The van der Waals surface area contributed by atoms with Gasteiger partial charge in [-0.25, -0.2) is 9.97 Å². The Bertz CT molecular complexity index is 642. The van der Waals surface area contributed by atoms with Crippen molar-refractivity contribution in [3.05, 3.63) is 48.4 Å². The fraction of sp³-hybridized carbons (Fsp3) is 0.312. The third kappa shape index (κ3) is 3.16. The zero-order valence-corrected chi connectivity index (χ0v) is 12.4. The van der Waals surface area contributed by atoms with Gasteiger partial charge in [0.25, 0.3) is 0 Å².